The molecule has 1 aromatic heterocycles. The summed E-state index contributed by atoms with van der Waals surface area (Å²) in [6.07, 6.45) is 1.51. The van der Waals surface area contributed by atoms with Gasteiger partial charge in [0.05, 0.1) is 25.7 Å². The Morgan fingerprint density at radius 3 is 2.60 bits per heavy atom. The summed E-state index contributed by atoms with van der Waals surface area (Å²) >= 11 is 0.769. The fourth-order valence-corrected chi connectivity index (χ4v) is 3.36. The van der Waals surface area contributed by atoms with Crippen LogP contribution >= 0.6 is 11.8 Å². The molecular formula is C20H17NO8S. The average Bonchev–Trinajstić information content (AvgIpc) is 3.32. The molecule has 1 fully saturated rings. The maximum absolute atomic E-state index is 12.7. The average molecular weight is 431 g/mol. The Kier molecular flexibility index (Phi) is 6.58. The van der Waals surface area contributed by atoms with Crippen LogP contribution < -0.4 is 4.74 Å². The first-order valence-corrected chi connectivity index (χ1v) is 9.45. The minimum absolute atomic E-state index is 0.0216. The second-order valence-corrected chi connectivity index (χ2v) is 6.92. The van der Waals surface area contributed by atoms with Gasteiger partial charge in [-0.05, 0) is 36.0 Å². The Morgan fingerprint density at radius 1 is 1.10 bits per heavy atom. The fourth-order valence-electron chi connectivity index (χ4n) is 2.53. The summed E-state index contributed by atoms with van der Waals surface area (Å²) in [7, 11) is 2.47. The predicted octanol–water partition coefficient (Wildman–Crippen LogP) is 2.85. The quantitative estimate of drug-likeness (QED) is 0.482. The van der Waals surface area contributed by atoms with Gasteiger partial charge in [0, 0.05) is 5.56 Å². The Labute approximate surface area is 175 Å². The number of ether oxygens (including phenoxy) is 3. The molecule has 0 atom stereocenters. The van der Waals surface area contributed by atoms with E-state index in [1.807, 2.05) is 0 Å². The number of rotatable bonds is 7. The van der Waals surface area contributed by atoms with Gasteiger partial charge in [-0.15, -0.1) is 0 Å². The standard InChI is InChI=1S/C20H17NO8S/c1-26-17(22)11-28-14-6-4-3-5-12(14)9-16-18(23)21(20(25)30-16)10-13-7-8-15(29-13)19(24)27-2/h3-9H,10-11H2,1-2H3/b16-9+. The van der Waals surface area contributed by atoms with Gasteiger partial charge >= 0.3 is 11.9 Å². The number of amides is 2. The lowest BCUT2D eigenvalue weighted by atomic mass is 10.2. The minimum atomic E-state index is -0.654. The second-order valence-electron chi connectivity index (χ2n) is 5.93. The molecule has 0 unspecified atom stereocenters. The van der Waals surface area contributed by atoms with Gasteiger partial charge in [0.1, 0.15) is 11.5 Å². The largest absolute Gasteiger partial charge is 0.481 e. The third-order valence-electron chi connectivity index (χ3n) is 4.01. The molecule has 2 amide bonds. The maximum atomic E-state index is 12.7. The summed E-state index contributed by atoms with van der Waals surface area (Å²) in [6.45, 7) is -0.413. The lowest BCUT2D eigenvalue weighted by Gasteiger charge is -2.10. The SMILES string of the molecule is COC(=O)COc1ccccc1/C=C1/SC(=O)N(Cc2ccc(C(=O)OC)o2)C1=O. The van der Waals surface area contributed by atoms with E-state index in [0.717, 1.165) is 16.7 Å². The van der Waals surface area contributed by atoms with E-state index in [1.54, 1.807) is 24.3 Å². The van der Waals surface area contributed by atoms with Crippen molar-refractivity contribution < 1.29 is 37.8 Å². The van der Waals surface area contributed by atoms with Gasteiger partial charge in [0.15, 0.2) is 6.61 Å². The van der Waals surface area contributed by atoms with Crippen LogP contribution in [0.2, 0.25) is 0 Å². The molecule has 9 nitrogen and oxygen atoms in total. The highest BCUT2D eigenvalue weighted by Gasteiger charge is 2.36. The van der Waals surface area contributed by atoms with Gasteiger partial charge in [-0.3, -0.25) is 14.5 Å². The van der Waals surface area contributed by atoms with Crippen LogP contribution in [0.15, 0.2) is 45.7 Å². The molecular weight excluding hydrogens is 414 g/mol. The maximum Gasteiger partial charge on any atom is 0.373 e. The van der Waals surface area contributed by atoms with Gasteiger partial charge in [-0.25, -0.2) is 9.59 Å². The van der Waals surface area contributed by atoms with Crippen molar-refractivity contribution in [3.63, 3.8) is 0 Å². The van der Waals surface area contributed by atoms with E-state index in [4.69, 9.17) is 9.15 Å². The number of esters is 2. The first-order valence-electron chi connectivity index (χ1n) is 8.64. The topological polar surface area (TPSA) is 112 Å². The van der Waals surface area contributed by atoms with Crippen molar-refractivity contribution in [3.05, 3.63) is 58.4 Å². The number of benzene rings is 1. The number of hydrogen-bond donors (Lipinski definition) is 0. The monoisotopic (exact) mass is 431 g/mol. The lowest BCUT2D eigenvalue weighted by molar-refractivity contribution is -0.142. The Morgan fingerprint density at radius 2 is 1.87 bits per heavy atom. The molecule has 0 N–H and O–H groups in total. The van der Waals surface area contributed by atoms with E-state index in [-0.39, 0.29) is 29.6 Å². The molecule has 1 aromatic carbocycles. The molecule has 0 saturated carbocycles. The Hall–Kier alpha value is -3.53. The van der Waals surface area contributed by atoms with Crippen LogP contribution in [-0.4, -0.2) is 48.8 Å². The summed E-state index contributed by atoms with van der Waals surface area (Å²) in [5.41, 5.74) is 0.526. The van der Waals surface area contributed by atoms with Crippen molar-refractivity contribution in [2.45, 2.75) is 6.54 Å². The first kappa shape index (κ1) is 21.2. The van der Waals surface area contributed by atoms with E-state index >= 15 is 0 Å². The molecule has 1 aliphatic heterocycles. The zero-order valence-corrected chi connectivity index (χ0v) is 16.9. The van der Waals surface area contributed by atoms with Crippen LogP contribution in [0.25, 0.3) is 6.08 Å². The molecule has 2 heterocycles. The highest BCUT2D eigenvalue weighted by molar-refractivity contribution is 8.18. The Balaban J connectivity index is 1.76. The van der Waals surface area contributed by atoms with E-state index in [0.29, 0.717) is 11.3 Å². The molecule has 0 bridgehead atoms. The van der Waals surface area contributed by atoms with Gasteiger partial charge in [0.25, 0.3) is 11.1 Å². The highest BCUT2D eigenvalue weighted by Crippen LogP contribution is 2.35. The Bertz CT molecular complexity index is 1030. The van der Waals surface area contributed by atoms with Crippen LogP contribution in [0.3, 0.4) is 0 Å². The van der Waals surface area contributed by atoms with Gasteiger partial charge in [0.2, 0.25) is 5.76 Å². The third kappa shape index (κ3) is 4.71. The molecule has 10 heteroatoms. The minimum Gasteiger partial charge on any atom is -0.481 e. The molecule has 3 rings (SSSR count). The van der Waals surface area contributed by atoms with Crippen LogP contribution in [0.5, 0.6) is 5.75 Å². The summed E-state index contributed by atoms with van der Waals surface area (Å²) in [6, 6.07) is 9.68. The van der Waals surface area contributed by atoms with Crippen LogP contribution in [0.4, 0.5) is 4.79 Å². The zero-order chi connectivity index (χ0) is 21.7. The van der Waals surface area contributed by atoms with E-state index in [9.17, 15) is 19.2 Å². The van der Waals surface area contributed by atoms with Crippen LogP contribution in [0, 0.1) is 0 Å². The highest BCUT2D eigenvalue weighted by atomic mass is 32.2. The number of para-hydroxylation sites is 1. The molecule has 156 valence electrons. The van der Waals surface area contributed by atoms with E-state index in [2.05, 4.69) is 9.47 Å². The van der Waals surface area contributed by atoms with Crippen molar-refractivity contribution in [1.82, 2.24) is 4.90 Å². The molecule has 0 radical (unpaired) electrons. The van der Waals surface area contributed by atoms with Crippen molar-refractivity contribution in [3.8, 4) is 5.75 Å². The number of carbonyl (C=O) groups is 4. The number of carbonyl (C=O) groups excluding carboxylic acids is 4. The summed E-state index contributed by atoms with van der Waals surface area (Å²) < 4.78 is 19.9. The summed E-state index contributed by atoms with van der Waals surface area (Å²) in [4.78, 5) is 49.0. The number of imide groups is 1. The molecule has 0 spiro atoms. The fraction of sp³-hybridized carbons (Fsp3) is 0.200. The predicted molar refractivity (Wildman–Crippen MR) is 106 cm³/mol. The van der Waals surface area contributed by atoms with Crippen molar-refractivity contribution >= 4 is 40.9 Å². The van der Waals surface area contributed by atoms with Gasteiger partial charge in [-0.2, -0.15) is 0 Å². The van der Waals surface area contributed by atoms with E-state index in [1.165, 1.54) is 32.4 Å². The molecule has 0 aliphatic carbocycles. The molecule has 2 aromatic rings. The molecule has 1 saturated heterocycles. The number of hydrogen-bond acceptors (Lipinski definition) is 9. The molecule has 30 heavy (non-hydrogen) atoms. The number of furan rings is 1. The summed E-state index contributed by atoms with van der Waals surface area (Å²) in [5, 5.41) is -0.477. The molecule has 1 aliphatic rings. The van der Waals surface area contributed by atoms with Crippen molar-refractivity contribution in [1.29, 1.82) is 0 Å². The number of thioether (sulfide) groups is 1. The summed E-state index contributed by atoms with van der Waals surface area (Å²) in [5.74, 6) is -1.10. The van der Waals surface area contributed by atoms with Crippen molar-refractivity contribution in [2.24, 2.45) is 0 Å². The normalized spacial score (nSPS) is 14.9. The first-order chi connectivity index (χ1) is 14.4. The van der Waals surface area contributed by atoms with Crippen molar-refractivity contribution in [2.75, 3.05) is 20.8 Å². The second kappa shape index (κ2) is 9.31. The van der Waals surface area contributed by atoms with Crippen LogP contribution in [-0.2, 0) is 25.6 Å². The number of nitrogens with zero attached hydrogens (tertiary/aromatic N) is 1. The van der Waals surface area contributed by atoms with Gasteiger partial charge < -0.3 is 18.6 Å². The smallest absolute Gasteiger partial charge is 0.373 e. The lowest BCUT2D eigenvalue weighted by Crippen LogP contribution is -2.27. The number of methoxy groups -OCH3 is 2. The van der Waals surface area contributed by atoms with Crippen LogP contribution in [0.1, 0.15) is 21.9 Å². The van der Waals surface area contributed by atoms with E-state index < -0.39 is 23.1 Å². The third-order valence-corrected chi connectivity index (χ3v) is 4.92. The zero-order valence-electron chi connectivity index (χ0n) is 16.1. The van der Waals surface area contributed by atoms with Gasteiger partial charge in [-0.1, -0.05) is 18.2 Å².